The van der Waals surface area contributed by atoms with E-state index in [0.29, 0.717) is 5.56 Å². The van der Waals surface area contributed by atoms with E-state index < -0.39 is 11.2 Å². The number of thioether (sulfide) groups is 1. The summed E-state index contributed by atoms with van der Waals surface area (Å²) in [7, 11) is 1.32. The third-order valence-corrected chi connectivity index (χ3v) is 4.62. The number of primary amides is 1. The number of methoxy groups -OCH3 is 1. The highest BCUT2D eigenvalue weighted by Crippen LogP contribution is 2.40. The van der Waals surface area contributed by atoms with Crippen LogP contribution in [0.2, 0.25) is 5.15 Å². The van der Waals surface area contributed by atoms with E-state index in [4.69, 9.17) is 27.3 Å². The standard InChI is InChI=1S/C16H11ClN4O2S/c1-23-12-10(7-18)14(17)21-16(11(12)8-19)24-13(15(20)22)9-5-3-2-4-6-9/h2-6,13H,1H3,(H2,20,22). The number of carbonyl (C=O) groups is 1. The summed E-state index contributed by atoms with van der Waals surface area (Å²) in [6.07, 6.45) is 0. The van der Waals surface area contributed by atoms with Crippen LogP contribution in [-0.4, -0.2) is 18.0 Å². The molecule has 2 aromatic rings. The molecular formula is C16H11ClN4O2S. The number of aromatic nitrogens is 1. The number of benzene rings is 1. The maximum atomic E-state index is 11.8. The summed E-state index contributed by atoms with van der Waals surface area (Å²) in [5.74, 6) is -0.560. The summed E-state index contributed by atoms with van der Waals surface area (Å²) in [6.45, 7) is 0. The summed E-state index contributed by atoms with van der Waals surface area (Å²) < 4.78 is 5.13. The van der Waals surface area contributed by atoms with Gasteiger partial charge in [0, 0.05) is 0 Å². The van der Waals surface area contributed by atoms with Crippen molar-refractivity contribution < 1.29 is 9.53 Å². The van der Waals surface area contributed by atoms with Crippen LogP contribution in [0, 0.1) is 22.7 Å². The van der Waals surface area contributed by atoms with Crippen molar-refractivity contribution in [2.24, 2.45) is 5.73 Å². The molecule has 1 unspecified atom stereocenters. The number of hydrogen-bond acceptors (Lipinski definition) is 6. The second-order valence-corrected chi connectivity index (χ2v) is 5.98. The molecule has 1 amide bonds. The number of amides is 1. The van der Waals surface area contributed by atoms with Gasteiger partial charge in [0.25, 0.3) is 0 Å². The number of carbonyl (C=O) groups excluding carboxylic acids is 1. The lowest BCUT2D eigenvalue weighted by atomic mass is 10.1. The number of nitriles is 2. The monoisotopic (exact) mass is 358 g/mol. The van der Waals surface area contributed by atoms with Gasteiger partial charge in [-0.1, -0.05) is 53.7 Å². The molecule has 8 heteroatoms. The van der Waals surface area contributed by atoms with Crippen molar-refractivity contribution in [2.45, 2.75) is 10.3 Å². The molecule has 6 nitrogen and oxygen atoms in total. The first kappa shape index (κ1) is 17.6. The molecule has 0 bridgehead atoms. The quantitative estimate of drug-likeness (QED) is 0.649. The second-order valence-electron chi connectivity index (χ2n) is 4.53. The van der Waals surface area contributed by atoms with Gasteiger partial charge in [-0.25, -0.2) is 4.98 Å². The van der Waals surface area contributed by atoms with Gasteiger partial charge in [0.2, 0.25) is 5.91 Å². The van der Waals surface area contributed by atoms with Crippen LogP contribution in [0.25, 0.3) is 0 Å². The predicted molar refractivity (Wildman–Crippen MR) is 89.5 cm³/mol. The summed E-state index contributed by atoms with van der Waals surface area (Å²) in [5, 5.41) is 17.9. The molecule has 1 aromatic carbocycles. The Balaban J connectivity index is 2.56. The Bertz CT molecular complexity index is 859. The van der Waals surface area contributed by atoms with Gasteiger partial charge >= 0.3 is 0 Å². The van der Waals surface area contributed by atoms with Crippen molar-refractivity contribution in [3.05, 3.63) is 52.2 Å². The zero-order valence-electron chi connectivity index (χ0n) is 12.5. The third kappa shape index (κ3) is 3.43. The van der Waals surface area contributed by atoms with Crippen molar-refractivity contribution in [3.63, 3.8) is 0 Å². The first-order chi connectivity index (χ1) is 11.5. The Morgan fingerprint density at radius 3 is 2.42 bits per heavy atom. The molecule has 1 aromatic heterocycles. The number of rotatable bonds is 5. The van der Waals surface area contributed by atoms with Gasteiger partial charge in [-0.05, 0) is 5.56 Å². The summed E-state index contributed by atoms with van der Waals surface area (Å²) >= 11 is 6.98. The van der Waals surface area contributed by atoms with Crippen LogP contribution in [0.3, 0.4) is 0 Å². The zero-order chi connectivity index (χ0) is 17.7. The van der Waals surface area contributed by atoms with Gasteiger partial charge in [-0.2, -0.15) is 10.5 Å². The largest absolute Gasteiger partial charge is 0.494 e. The molecule has 0 radical (unpaired) electrons. The van der Waals surface area contributed by atoms with Crippen molar-refractivity contribution in [1.29, 1.82) is 10.5 Å². The third-order valence-electron chi connectivity index (χ3n) is 3.09. The molecule has 0 aliphatic heterocycles. The molecule has 0 saturated heterocycles. The average molecular weight is 359 g/mol. The van der Waals surface area contributed by atoms with Crippen LogP contribution in [0.15, 0.2) is 35.4 Å². The van der Waals surface area contributed by atoms with Crippen LogP contribution in [0.5, 0.6) is 5.75 Å². The molecule has 0 aliphatic rings. The fourth-order valence-corrected chi connectivity index (χ4v) is 3.33. The molecule has 1 atom stereocenters. The molecule has 120 valence electrons. The van der Waals surface area contributed by atoms with E-state index in [9.17, 15) is 10.1 Å². The molecule has 2 rings (SSSR count). The van der Waals surface area contributed by atoms with E-state index in [1.807, 2.05) is 18.2 Å². The minimum absolute atomic E-state index is 0.0267. The predicted octanol–water partition coefficient (Wildman–Crippen LogP) is 2.81. The van der Waals surface area contributed by atoms with Crippen molar-refractivity contribution in [1.82, 2.24) is 4.98 Å². The molecule has 1 heterocycles. The van der Waals surface area contributed by atoms with Crippen LogP contribution in [0.1, 0.15) is 21.9 Å². The van der Waals surface area contributed by atoms with Gasteiger partial charge in [0.1, 0.15) is 33.5 Å². The molecular weight excluding hydrogens is 348 g/mol. The maximum absolute atomic E-state index is 11.8. The smallest absolute Gasteiger partial charge is 0.235 e. The average Bonchev–Trinajstić information content (AvgIpc) is 2.59. The first-order valence-electron chi connectivity index (χ1n) is 6.62. The SMILES string of the molecule is COc1c(C#N)c(Cl)nc(SC(C(N)=O)c2ccccc2)c1C#N. The normalized spacial score (nSPS) is 11.2. The minimum Gasteiger partial charge on any atom is -0.494 e. The van der Waals surface area contributed by atoms with E-state index in [-0.39, 0.29) is 27.1 Å². The summed E-state index contributed by atoms with van der Waals surface area (Å²) in [4.78, 5) is 15.9. The van der Waals surface area contributed by atoms with Crippen LogP contribution in [0.4, 0.5) is 0 Å². The van der Waals surface area contributed by atoms with Crippen LogP contribution in [-0.2, 0) is 4.79 Å². The lowest BCUT2D eigenvalue weighted by Crippen LogP contribution is -2.19. The Morgan fingerprint density at radius 2 is 1.92 bits per heavy atom. The van der Waals surface area contributed by atoms with Crippen molar-refractivity contribution >= 4 is 29.3 Å². The molecule has 0 spiro atoms. The Morgan fingerprint density at radius 1 is 1.29 bits per heavy atom. The minimum atomic E-state index is -0.764. The Kier molecular flexibility index (Phi) is 5.64. The highest BCUT2D eigenvalue weighted by atomic mass is 35.5. The van der Waals surface area contributed by atoms with Gasteiger partial charge < -0.3 is 10.5 Å². The number of hydrogen-bond donors (Lipinski definition) is 1. The number of ether oxygens (including phenoxy) is 1. The van der Waals surface area contributed by atoms with E-state index in [1.165, 1.54) is 7.11 Å². The maximum Gasteiger partial charge on any atom is 0.235 e. The summed E-state index contributed by atoms with van der Waals surface area (Å²) in [5.41, 5.74) is 6.15. The fourth-order valence-electron chi connectivity index (χ4n) is 2.03. The second kappa shape index (κ2) is 7.69. The van der Waals surface area contributed by atoms with Gasteiger partial charge in [0.05, 0.1) is 7.11 Å². The van der Waals surface area contributed by atoms with Gasteiger partial charge in [-0.3, -0.25) is 4.79 Å². The number of pyridine rings is 1. The van der Waals surface area contributed by atoms with Gasteiger partial charge in [0.15, 0.2) is 10.9 Å². The van der Waals surface area contributed by atoms with E-state index >= 15 is 0 Å². The molecule has 24 heavy (non-hydrogen) atoms. The van der Waals surface area contributed by atoms with E-state index in [2.05, 4.69) is 4.98 Å². The van der Waals surface area contributed by atoms with Gasteiger partial charge in [-0.15, -0.1) is 0 Å². The zero-order valence-corrected chi connectivity index (χ0v) is 14.1. The molecule has 0 aliphatic carbocycles. The molecule has 0 saturated carbocycles. The number of nitrogens with two attached hydrogens (primary N) is 1. The fraction of sp³-hybridized carbons (Fsp3) is 0.125. The lowest BCUT2D eigenvalue weighted by Gasteiger charge is -2.15. The first-order valence-corrected chi connectivity index (χ1v) is 7.87. The lowest BCUT2D eigenvalue weighted by molar-refractivity contribution is -0.117. The highest BCUT2D eigenvalue weighted by Gasteiger charge is 2.26. The van der Waals surface area contributed by atoms with Crippen LogP contribution < -0.4 is 10.5 Å². The molecule has 0 fully saturated rings. The molecule has 2 N–H and O–H groups in total. The van der Waals surface area contributed by atoms with E-state index in [1.54, 1.807) is 24.3 Å². The number of halogens is 1. The number of nitrogens with zero attached hydrogens (tertiary/aromatic N) is 3. The van der Waals surface area contributed by atoms with E-state index in [0.717, 1.165) is 11.8 Å². The topological polar surface area (TPSA) is 113 Å². The van der Waals surface area contributed by atoms with Crippen LogP contribution >= 0.6 is 23.4 Å². The Hall–Kier alpha value is -2.74. The summed E-state index contributed by atoms with van der Waals surface area (Å²) in [6, 6.07) is 12.7. The van der Waals surface area contributed by atoms with Crippen molar-refractivity contribution in [2.75, 3.05) is 7.11 Å². The van der Waals surface area contributed by atoms with Crippen molar-refractivity contribution in [3.8, 4) is 17.9 Å². The Labute approximate surface area is 147 Å². The highest BCUT2D eigenvalue weighted by molar-refractivity contribution is 8.00.